The summed E-state index contributed by atoms with van der Waals surface area (Å²) in [6, 6.07) is 20.7. The van der Waals surface area contributed by atoms with E-state index in [4.69, 9.17) is 13.6 Å². The molecule has 8 nitrogen and oxygen atoms in total. The molecule has 1 aliphatic carbocycles. The molecule has 0 bridgehead atoms. The van der Waals surface area contributed by atoms with Gasteiger partial charge in [-0.1, -0.05) is 30.3 Å². The Balaban J connectivity index is 1.13. The number of para-hydroxylation sites is 1. The second kappa shape index (κ2) is 11.4. The number of hydrazone groups is 1. The monoisotopic (exact) mass is 561 g/mol. The molecule has 6 rings (SSSR count). The summed E-state index contributed by atoms with van der Waals surface area (Å²) >= 11 is 0. The number of rotatable bonds is 7. The average molecular weight is 562 g/mol. The fourth-order valence-corrected chi connectivity index (χ4v) is 5.28. The van der Waals surface area contributed by atoms with Gasteiger partial charge in [0, 0.05) is 34.2 Å². The zero-order valence-corrected chi connectivity index (χ0v) is 23.7. The molecule has 42 heavy (non-hydrogen) atoms. The highest BCUT2D eigenvalue weighted by atomic mass is 16.5. The number of benzene rings is 3. The van der Waals surface area contributed by atoms with Crippen molar-refractivity contribution >= 4 is 34.2 Å². The number of fused-ring (bicyclic) bond motifs is 2. The van der Waals surface area contributed by atoms with Gasteiger partial charge in [0.2, 0.25) is 5.91 Å². The van der Waals surface area contributed by atoms with Gasteiger partial charge in [0.25, 0.3) is 5.91 Å². The molecule has 0 unspecified atom stereocenters. The molecule has 0 atom stereocenters. The minimum absolute atomic E-state index is 0.145. The first-order chi connectivity index (χ1) is 20.4. The largest absolute Gasteiger partial charge is 0.464 e. The van der Waals surface area contributed by atoms with E-state index >= 15 is 0 Å². The van der Waals surface area contributed by atoms with E-state index in [9.17, 15) is 9.59 Å². The lowest BCUT2D eigenvalue weighted by atomic mass is 9.93. The minimum atomic E-state index is -0.348. The van der Waals surface area contributed by atoms with E-state index in [1.165, 1.54) is 0 Å². The quantitative estimate of drug-likeness (QED) is 0.202. The van der Waals surface area contributed by atoms with Crippen LogP contribution in [0.5, 0.6) is 11.5 Å². The smallest absolute Gasteiger partial charge is 0.291 e. The Morgan fingerprint density at radius 1 is 0.905 bits per heavy atom. The topological polar surface area (TPSA) is 106 Å². The number of amides is 2. The van der Waals surface area contributed by atoms with Crippen LogP contribution in [0.15, 0.2) is 86.9 Å². The third kappa shape index (κ3) is 5.43. The molecular weight excluding hydrogens is 530 g/mol. The summed E-state index contributed by atoms with van der Waals surface area (Å²) < 4.78 is 17.6. The lowest BCUT2D eigenvalue weighted by Crippen LogP contribution is -2.23. The predicted molar refractivity (Wildman–Crippen MR) is 161 cm³/mol. The maximum Gasteiger partial charge on any atom is 0.291 e. The van der Waals surface area contributed by atoms with Crippen molar-refractivity contribution in [2.24, 2.45) is 5.10 Å². The lowest BCUT2D eigenvalue weighted by molar-refractivity contribution is -0.120. The van der Waals surface area contributed by atoms with Crippen molar-refractivity contribution in [3.8, 4) is 11.5 Å². The molecule has 0 spiro atoms. The van der Waals surface area contributed by atoms with Gasteiger partial charge in [-0.15, -0.1) is 0 Å². The summed E-state index contributed by atoms with van der Waals surface area (Å²) in [7, 11) is 0. The van der Waals surface area contributed by atoms with Crippen molar-refractivity contribution in [2.45, 2.75) is 46.5 Å². The number of aryl methyl sites for hydroxylation is 3. The van der Waals surface area contributed by atoms with Gasteiger partial charge in [-0.05, 0) is 81.1 Å². The normalized spacial score (nSPS) is 13.6. The Morgan fingerprint density at radius 2 is 1.67 bits per heavy atom. The molecule has 2 amide bonds. The molecule has 212 valence electrons. The van der Waals surface area contributed by atoms with E-state index < -0.39 is 0 Å². The Labute approximate surface area is 243 Å². The highest BCUT2D eigenvalue weighted by molar-refractivity contribution is 6.09. The number of nitrogens with one attached hydrogen (secondary N) is 2. The summed E-state index contributed by atoms with van der Waals surface area (Å²) in [5, 5.41) is 8.29. The van der Waals surface area contributed by atoms with Crippen molar-refractivity contribution in [1.82, 2.24) is 5.43 Å². The highest BCUT2D eigenvalue weighted by Gasteiger charge is 2.28. The Hall–Kier alpha value is -5.11. The van der Waals surface area contributed by atoms with Crippen LogP contribution in [0.25, 0.3) is 11.0 Å². The van der Waals surface area contributed by atoms with Crippen LogP contribution < -0.4 is 15.5 Å². The number of carbonyl (C=O) groups excluding carboxylic acids is 2. The summed E-state index contributed by atoms with van der Waals surface area (Å²) in [5.41, 5.74) is 9.34. The van der Waals surface area contributed by atoms with Crippen molar-refractivity contribution in [2.75, 3.05) is 5.32 Å². The number of ether oxygens (including phenoxy) is 1. The second-order valence-corrected chi connectivity index (χ2v) is 10.5. The van der Waals surface area contributed by atoms with Gasteiger partial charge < -0.3 is 18.9 Å². The molecule has 0 aliphatic heterocycles. The van der Waals surface area contributed by atoms with Crippen LogP contribution in [-0.4, -0.2) is 17.5 Å². The molecule has 5 aromatic rings. The summed E-state index contributed by atoms with van der Waals surface area (Å²) in [6.45, 7) is 5.89. The second-order valence-electron chi connectivity index (χ2n) is 10.5. The maximum absolute atomic E-state index is 13.2. The van der Waals surface area contributed by atoms with Gasteiger partial charge in [-0.25, -0.2) is 5.43 Å². The number of furan rings is 2. The molecule has 0 saturated heterocycles. The molecule has 1 aliphatic rings. The van der Waals surface area contributed by atoms with Gasteiger partial charge in [0.15, 0.2) is 5.76 Å². The number of hydrogen-bond acceptors (Lipinski definition) is 6. The number of carbonyl (C=O) groups is 2. The molecule has 2 heterocycles. The Morgan fingerprint density at radius 3 is 2.45 bits per heavy atom. The highest BCUT2D eigenvalue weighted by Crippen LogP contribution is 2.31. The molecular formula is C34H31N3O5. The fraction of sp³-hybridized carbons (Fsp3) is 0.206. The van der Waals surface area contributed by atoms with Crippen LogP contribution >= 0.6 is 0 Å². The van der Waals surface area contributed by atoms with E-state index in [2.05, 4.69) is 15.8 Å². The predicted octanol–water partition coefficient (Wildman–Crippen LogP) is 7.39. The third-order valence-electron chi connectivity index (χ3n) is 7.63. The standard InChI is InChI=1S/C34H31N3O5/c1-20-12-17-27-23(19-40-32(27)21(20)2)18-30(38)37-36-28-10-7-11-29-31(28)22(3)33(42-29)34(39)35-24-13-15-26(16-14-24)41-25-8-5-4-6-9-25/h4-6,8-9,12-17,19H,7,10-11,18H2,1-3H3,(H,35,39)(H,37,38)/b36-28+. The minimum Gasteiger partial charge on any atom is -0.464 e. The number of anilines is 1. The van der Waals surface area contributed by atoms with E-state index in [0.29, 0.717) is 41.3 Å². The molecule has 0 radical (unpaired) electrons. The van der Waals surface area contributed by atoms with Crippen molar-refractivity contribution in [3.05, 3.63) is 112 Å². The number of nitrogens with zero attached hydrogens (tertiary/aromatic N) is 1. The van der Waals surface area contributed by atoms with E-state index in [0.717, 1.165) is 45.4 Å². The summed E-state index contributed by atoms with van der Waals surface area (Å²) in [4.78, 5) is 26.0. The van der Waals surface area contributed by atoms with Gasteiger partial charge in [-0.2, -0.15) is 5.10 Å². The van der Waals surface area contributed by atoms with E-state index in [1.807, 2.05) is 63.2 Å². The number of hydrogen-bond donors (Lipinski definition) is 2. The molecule has 0 fully saturated rings. The van der Waals surface area contributed by atoms with Crippen LogP contribution in [0.2, 0.25) is 0 Å². The Kier molecular flexibility index (Phi) is 7.35. The molecule has 0 saturated carbocycles. The van der Waals surface area contributed by atoms with Gasteiger partial charge >= 0.3 is 0 Å². The molecule has 2 aromatic heterocycles. The van der Waals surface area contributed by atoms with Gasteiger partial charge in [0.1, 0.15) is 22.8 Å². The first kappa shape index (κ1) is 27.1. The third-order valence-corrected chi connectivity index (χ3v) is 7.63. The Bertz CT molecular complexity index is 1810. The zero-order valence-electron chi connectivity index (χ0n) is 23.7. The van der Waals surface area contributed by atoms with Crippen LogP contribution in [0.3, 0.4) is 0 Å². The van der Waals surface area contributed by atoms with Gasteiger partial charge in [-0.3, -0.25) is 9.59 Å². The molecule has 8 heteroatoms. The average Bonchev–Trinajstić information content (AvgIpc) is 3.56. The van der Waals surface area contributed by atoms with Crippen molar-refractivity contribution in [3.63, 3.8) is 0 Å². The zero-order chi connectivity index (χ0) is 29.2. The van der Waals surface area contributed by atoms with E-state index in [1.54, 1.807) is 30.5 Å². The maximum atomic E-state index is 13.2. The first-order valence-electron chi connectivity index (χ1n) is 14.0. The fourth-order valence-electron chi connectivity index (χ4n) is 5.28. The first-order valence-corrected chi connectivity index (χ1v) is 14.0. The van der Waals surface area contributed by atoms with Crippen LogP contribution in [-0.2, 0) is 17.6 Å². The van der Waals surface area contributed by atoms with Crippen molar-refractivity contribution in [1.29, 1.82) is 0 Å². The molecule has 2 N–H and O–H groups in total. The van der Waals surface area contributed by atoms with Crippen molar-refractivity contribution < 1.29 is 23.2 Å². The van der Waals surface area contributed by atoms with Crippen LogP contribution in [0, 0.1) is 20.8 Å². The summed E-state index contributed by atoms with van der Waals surface area (Å²) in [6.07, 6.45) is 3.96. The lowest BCUT2D eigenvalue weighted by Gasteiger charge is -2.13. The van der Waals surface area contributed by atoms with Crippen LogP contribution in [0.4, 0.5) is 5.69 Å². The molecule has 3 aromatic carbocycles. The SMILES string of the molecule is Cc1ccc2c(CC(=O)N/N=C3\CCCc4oc(C(=O)Nc5ccc(Oc6ccccc6)cc5)c(C)c43)coc2c1C. The van der Waals surface area contributed by atoms with Gasteiger partial charge in [0.05, 0.1) is 18.4 Å². The van der Waals surface area contributed by atoms with E-state index in [-0.39, 0.29) is 24.0 Å². The van der Waals surface area contributed by atoms with Crippen LogP contribution in [0.1, 0.15) is 57.0 Å². The summed E-state index contributed by atoms with van der Waals surface area (Å²) in [5.74, 6) is 1.75.